The number of anilines is 4. The summed E-state index contributed by atoms with van der Waals surface area (Å²) in [5, 5.41) is 14.5. The summed E-state index contributed by atoms with van der Waals surface area (Å²) in [6, 6.07) is 3.85. The van der Waals surface area contributed by atoms with Gasteiger partial charge in [0.25, 0.3) is 0 Å². The van der Waals surface area contributed by atoms with Crippen LogP contribution in [0.25, 0.3) is 0 Å². The molecule has 0 unspecified atom stereocenters. The Bertz CT molecular complexity index is 870. The van der Waals surface area contributed by atoms with Crippen LogP contribution in [0.1, 0.15) is 30.1 Å². The van der Waals surface area contributed by atoms with Crippen LogP contribution in [0.2, 0.25) is 0 Å². The van der Waals surface area contributed by atoms with Gasteiger partial charge in [-0.15, -0.1) is 0 Å². The number of nitrogens with zero attached hydrogens (tertiary/aromatic N) is 5. The van der Waals surface area contributed by atoms with E-state index in [1.807, 2.05) is 26.1 Å². The molecule has 1 fully saturated rings. The Labute approximate surface area is 146 Å². The van der Waals surface area contributed by atoms with Crippen LogP contribution in [0.3, 0.4) is 0 Å². The molecule has 1 saturated carbocycles. The Hall–Kier alpha value is -2.42. The van der Waals surface area contributed by atoms with E-state index in [2.05, 4.69) is 46.6 Å². The molecule has 0 bridgehead atoms. The number of rotatable bonds is 5. The summed E-state index contributed by atoms with van der Waals surface area (Å²) in [6.45, 7) is 1.87. The highest BCUT2D eigenvalue weighted by Gasteiger charge is 2.25. The van der Waals surface area contributed by atoms with Gasteiger partial charge >= 0.3 is 0 Å². The molecule has 0 atom stereocenters. The Kier molecular flexibility index (Phi) is 3.72. The van der Waals surface area contributed by atoms with Gasteiger partial charge in [-0.05, 0) is 35.7 Å². The molecule has 2 N–H and O–H groups in total. The first-order chi connectivity index (χ1) is 11.6. The van der Waals surface area contributed by atoms with E-state index < -0.39 is 0 Å². The van der Waals surface area contributed by atoms with Gasteiger partial charge in [0.2, 0.25) is 11.8 Å². The predicted molar refractivity (Wildman–Crippen MR) is 92.9 cm³/mol. The van der Waals surface area contributed by atoms with Crippen LogP contribution < -0.4 is 10.2 Å². The van der Waals surface area contributed by atoms with Crippen molar-refractivity contribution in [2.45, 2.75) is 25.7 Å². The van der Waals surface area contributed by atoms with Crippen molar-refractivity contribution in [3.05, 3.63) is 34.2 Å². The Balaban J connectivity index is 1.58. The van der Waals surface area contributed by atoms with Gasteiger partial charge in [-0.3, -0.25) is 10.00 Å². The van der Waals surface area contributed by atoms with E-state index >= 15 is 0 Å². The smallest absolute Gasteiger partial charge is 0.234 e. The fourth-order valence-corrected chi connectivity index (χ4v) is 2.63. The summed E-state index contributed by atoms with van der Waals surface area (Å²) < 4.78 is 6.01. The van der Waals surface area contributed by atoms with Crippen molar-refractivity contribution >= 4 is 39.4 Å². The van der Waals surface area contributed by atoms with Gasteiger partial charge in [0.1, 0.15) is 0 Å². The van der Waals surface area contributed by atoms with Crippen molar-refractivity contribution < 1.29 is 4.52 Å². The quantitative estimate of drug-likeness (QED) is 0.687. The predicted octanol–water partition coefficient (Wildman–Crippen LogP) is 3.65. The number of hydrogen-bond acceptors (Lipinski definition) is 7. The second-order valence-corrected chi connectivity index (χ2v) is 6.69. The monoisotopic (exact) mass is 389 g/mol. The maximum absolute atomic E-state index is 5.25. The highest BCUT2D eigenvalue weighted by molar-refractivity contribution is 9.10. The molecule has 1 aliphatic rings. The molecule has 0 saturated heterocycles. The van der Waals surface area contributed by atoms with Crippen molar-refractivity contribution in [3.8, 4) is 0 Å². The Morgan fingerprint density at radius 3 is 2.92 bits per heavy atom. The topological polar surface area (TPSA) is 95.8 Å². The van der Waals surface area contributed by atoms with Crippen LogP contribution in [-0.4, -0.2) is 32.4 Å². The molecule has 4 rings (SSSR count). The number of H-pyrrole nitrogens is 1. The van der Waals surface area contributed by atoms with Crippen molar-refractivity contribution in [1.29, 1.82) is 0 Å². The van der Waals surface area contributed by atoms with Crippen molar-refractivity contribution in [1.82, 2.24) is 25.3 Å². The van der Waals surface area contributed by atoms with Crippen molar-refractivity contribution in [2.75, 3.05) is 17.3 Å². The zero-order valence-corrected chi connectivity index (χ0v) is 14.8. The number of halogens is 1. The number of hydrogen-bond donors (Lipinski definition) is 2. The van der Waals surface area contributed by atoms with E-state index in [4.69, 9.17) is 4.52 Å². The standard InChI is InChI=1S/C15H16BrN7O/c1-8-5-13(24-22-8)23(2)15-17-7-10(16)14(19-15)18-12-6-11(20-21-12)9-3-4-9/h5-7,9H,3-4H2,1-2H3,(H2,17,18,19,20,21). The number of aromatic amines is 1. The van der Waals surface area contributed by atoms with Gasteiger partial charge in [0, 0.05) is 37.0 Å². The molecule has 0 amide bonds. The molecule has 3 aromatic rings. The lowest BCUT2D eigenvalue weighted by molar-refractivity contribution is 0.420. The highest BCUT2D eigenvalue weighted by Crippen LogP contribution is 2.39. The minimum atomic E-state index is 0.495. The maximum Gasteiger partial charge on any atom is 0.234 e. The maximum atomic E-state index is 5.25. The minimum absolute atomic E-state index is 0.495. The second-order valence-electron chi connectivity index (χ2n) is 5.84. The molecular formula is C15H16BrN7O. The first-order valence-corrected chi connectivity index (χ1v) is 8.41. The first-order valence-electron chi connectivity index (χ1n) is 7.62. The molecule has 0 radical (unpaired) electrons. The molecule has 0 spiro atoms. The molecule has 0 aromatic carbocycles. The summed E-state index contributed by atoms with van der Waals surface area (Å²) in [4.78, 5) is 10.6. The zero-order valence-electron chi connectivity index (χ0n) is 13.2. The summed E-state index contributed by atoms with van der Waals surface area (Å²) in [6.07, 6.45) is 4.15. The molecule has 1 aliphatic carbocycles. The molecule has 3 aromatic heterocycles. The number of aromatic nitrogens is 5. The van der Waals surface area contributed by atoms with Crippen LogP contribution in [0.4, 0.5) is 23.5 Å². The van der Waals surface area contributed by atoms with Crippen LogP contribution in [0.5, 0.6) is 0 Å². The Morgan fingerprint density at radius 1 is 1.38 bits per heavy atom. The molecule has 24 heavy (non-hydrogen) atoms. The third kappa shape index (κ3) is 2.99. The summed E-state index contributed by atoms with van der Waals surface area (Å²) >= 11 is 3.47. The van der Waals surface area contributed by atoms with Crippen LogP contribution in [0, 0.1) is 6.92 Å². The molecule has 3 heterocycles. The molecular weight excluding hydrogens is 374 g/mol. The van der Waals surface area contributed by atoms with E-state index in [-0.39, 0.29) is 0 Å². The van der Waals surface area contributed by atoms with Crippen LogP contribution >= 0.6 is 15.9 Å². The van der Waals surface area contributed by atoms with Crippen LogP contribution in [0.15, 0.2) is 27.3 Å². The van der Waals surface area contributed by atoms with Crippen molar-refractivity contribution in [2.24, 2.45) is 0 Å². The average Bonchev–Trinajstić information content (AvgIpc) is 3.17. The summed E-state index contributed by atoms with van der Waals surface area (Å²) in [5.74, 6) is 3.07. The molecule has 0 aliphatic heterocycles. The van der Waals surface area contributed by atoms with Crippen LogP contribution in [-0.2, 0) is 0 Å². The van der Waals surface area contributed by atoms with E-state index in [0.717, 1.165) is 21.7 Å². The SMILES string of the molecule is Cc1cc(N(C)c2ncc(Br)c(Nc3cc(C4CC4)[nH]n3)n2)on1. The Morgan fingerprint density at radius 2 is 2.21 bits per heavy atom. The lowest BCUT2D eigenvalue weighted by Gasteiger charge is -2.14. The van der Waals surface area contributed by atoms with Gasteiger partial charge in [-0.2, -0.15) is 10.1 Å². The zero-order chi connectivity index (χ0) is 16.7. The average molecular weight is 390 g/mol. The number of aryl methyl sites for hydroxylation is 1. The van der Waals surface area contributed by atoms with E-state index in [0.29, 0.717) is 23.6 Å². The fraction of sp³-hybridized carbons (Fsp3) is 0.333. The fourth-order valence-electron chi connectivity index (χ4n) is 2.34. The summed E-state index contributed by atoms with van der Waals surface area (Å²) in [5.41, 5.74) is 1.97. The van der Waals surface area contributed by atoms with Gasteiger partial charge < -0.3 is 9.84 Å². The lowest BCUT2D eigenvalue weighted by Crippen LogP contribution is -2.13. The third-order valence-corrected chi connectivity index (χ3v) is 4.42. The van der Waals surface area contributed by atoms with E-state index in [9.17, 15) is 0 Å². The normalized spacial score (nSPS) is 14.0. The second kappa shape index (κ2) is 5.90. The summed E-state index contributed by atoms with van der Waals surface area (Å²) in [7, 11) is 1.83. The van der Waals surface area contributed by atoms with Gasteiger partial charge in [0.15, 0.2) is 11.6 Å². The van der Waals surface area contributed by atoms with Gasteiger partial charge in [-0.25, -0.2) is 4.98 Å². The molecule has 9 heteroatoms. The lowest BCUT2D eigenvalue weighted by atomic mass is 10.3. The minimum Gasteiger partial charge on any atom is -0.338 e. The first kappa shape index (κ1) is 15.1. The van der Waals surface area contributed by atoms with E-state index in [1.54, 1.807) is 11.1 Å². The highest BCUT2D eigenvalue weighted by atomic mass is 79.9. The number of nitrogens with one attached hydrogen (secondary N) is 2. The molecule has 124 valence electrons. The van der Waals surface area contributed by atoms with Crippen molar-refractivity contribution in [3.63, 3.8) is 0 Å². The van der Waals surface area contributed by atoms with E-state index in [1.165, 1.54) is 12.8 Å². The van der Waals surface area contributed by atoms with Gasteiger partial charge in [0.05, 0.1) is 10.2 Å². The molecule has 8 nitrogen and oxygen atoms in total. The van der Waals surface area contributed by atoms with Gasteiger partial charge in [-0.1, -0.05) is 5.16 Å². The third-order valence-electron chi connectivity index (χ3n) is 3.84. The largest absolute Gasteiger partial charge is 0.338 e.